The molecule has 0 saturated carbocycles. The van der Waals surface area contributed by atoms with E-state index in [0.717, 1.165) is 15.1 Å². The fraction of sp³-hybridized carbons (Fsp3) is 0.348. The number of carbonyl (C=O) groups is 2. The zero-order valence-corrected chi connectivity index (χ0v) is 19.6. The zero-order valence-electron chi connectivity index (χ0n) is 18.0. The summed E-state index contributed by atoms with van der Waals surface area (Å²) in [5, 5.41) is 0. The maximum Gasteiger partial charge on any atom is 0.307 e. The molecule has 4 rings (SSSR count). The van der Waals surface area contributed by atoms with Gasteiger partial charge in [0.25, 0.3) is 5.91 Å². The van der Waals surface area contributed by atoms with Crippen molar-refractivity contribution in [3.8, 4) is 11.5 Å². The van der Waals surface area contributed by atoms with Crippen LogP contribution in [0.5, 0.6) is 11.5 Å². The van der Waals surface area contributed by atoms with Crippen molar-refractivity contribution in [2.45, 2.75) is 31.7 Å². The quantitative estimate of drug-likeness (QED) is 0.383. The van der Waals surface area contributed by atoms with Crippen LogP contribution in [0.2, 0.25) is 0 Å². The van der Waals surface area contributed by atoms with E-state index in [0.29, 0.717) is 42.7 Å². The summed E-state index contributed by atoms with van der Waals surface area (Å²) in [6.45, 7) is 5.48. The van der Waals surface area contributed by atoms with Crippen LogP contribution >= 0.6 is 23.1 Å². The Hall–Kier alpha value is -2.78. The Balaban J connectivity index is 1.63. The summed E-state index contributed by atoms with van der Waals surface area (Å²) in [5.41, 5.74) is 2.02. The molecule has 0 unspecified atom stereocenters. The van der Waals surface area contributed by atoms with Gasteiger partial charge in [0.1, 0.15) is 13.2 Å². The van der Waals surface area contributed by atoms with Crippen LogP contribution in [-0.2, 0) is 20.9 Å². The molecule has 0 saturated heterocycles. The number of benzene rings is 2. The number of nitrogens with zero attached hydrogens (tertiary/aromatic N) is 2. The van der Waals surface area contributed by atoms with E-state index in [1.807, 2.05) is 47.9 Å². The first-order valence-electron chi connectivity index (χ1n) is 10.4. The lowest BCUT2D eigenvalue weighted by atomic mass is 10.2. The molecule has 2 aromatic carbocycles. The highest BCUT2D eigenvalue weighted by atomic mass is 32.2. The number of ether oxygens (including phenoxy) is 3. The molecule has 9 heteroatoms. The molecule has 1 aliphatic rings. The van der Waals surface area contributed by atoms with Crippen molar-refractivity contribution in [2.24, 2.45) is 4.99 Å². The largest absolute Gasteiger partial charge is 0.486 e. The number of carbonyl (C=O) groups excluding carboxylic acids is 2. The number of rotatable bonds is 7. The predicted molar refractivity (Wildman–Crippen MR) is 125 cm³/mol. The van der Waals surface area contributed by atoms with Crippen LogP contribution in [-0.4, -0.2) is 42.0 Å². The van der Waals surface area contributed by atoms with E-state index >= 15 is 0 Å². The summed E-state index contributed by atoms with van der Waals surface area (Å²) < 4.78 is 19.3. The van der Waals surface area contributed by atoms with Gasteiger partial charge in [0, 0.05) is 23.6 Å². The first kappa shape index (κ1) is 22.4. The molecule has 1 aromatic heterocycles. The van der Waals surface area contributed by atoms with Crippen LogP contribution in [0.15, 0.2) is 46.3 Å². The third-order valence-electron chi connectivity index (χ3n) is 4.80. The number of thioether (sulfide) groups is 1. The van der Waals surface area contributed by atoms with Gasteiger partial charge in [0.2, 0.25) is 0 Å². The number of thiazole rings is 1. The van der Waals surface area contributed by atoms with Crippen molar-refractivity contribution in [1.82, 2.24) is 4.57 Å². The molecular formula is C23H24N2O5S2. The van der Waals surface area contributed by atoms with Gasteiger partial charge in [0.05, 0.1) is 29.0 Å². The Labute approximate surface area is 194 Å². The number of fused-ring (bicyclic) bond motifs is 2. The maximum absolute atomic E-state index is 12.6. The summed E-state index contributed by atoms with van der Waals surface area (Å²) in [6, 6.07) is 11.8. The van der Waals surface area contributed by atoms with Crippen molar-refractivity contribution in [1.29, 1.82) is 0 Å². The van der Waals surface area contributed by atoms with E-state index < -0.39 is 0 Å². The average molecular weight is 473 g/mol. The highest BCUT2D eigenvalue weighted by Gasteiger charge is 2.17. The molecule has 3 aromatic rings. The minimum atomic E-state index is -0.288. The summed E-state index contributed by atoms with van der Waals surface area (Å²) in [4.78, 5) is 30.5. The molecule has 32 heavy (non-hydrogen) atoms. The normalized spacial score (nSPS) is 13.4. The molecule has 2 heterocycles. The molecule has 0 N–H and O–H groups in total. The summed E-state index contributed by atoms with van der Waals surface area (Å²) in [6.07, 6.45) is 0.188. The highest BCUT2D eigenvalue weighted by Crippen LogP contribution is 2.35. The van der Waals surface area contributed by atoms with Crippen molar-refractivity contribution in [2.75, 3.05) is 25.6 Å². The molecule has 1 amide bonds. The standard InChI is InChI=1S/C23H24N2O5S2/c1-3-28-22(27)8-9-25-17-12-18-19(30-11-10-29-18)13-20(17)32-23(25)24-21(26)14-31-16-6-4-15(2)5-7-16/h4-7,12-13H,3,8-11,14H2,1-2H3. The Morgan fingerprint density at radius 2 is 1.88 bits per heavy atom. The maximum atomic E-state index is 12.6. The Morgan fingerprint density at radius 3 is 2.59 bits per heavy atom. The van der Waals surface area contributed by atoms with Gasteiger partial charge in [0.15, 0.2) is 16.3 Å². The van der Waals surface area contributed by atoms with E-state index in [1.54, 1.807) is 6.92 Å². The molecular weight excluding hydrogens is 448 g/mol. The second kappa shape index (κ2) is 10.2. The number of aryl methyl sites for hydroxylation is 2. The van der Waals surface area contributed by atoms with E-state index in [-0.39, 0.29) is 24.1 Å². The lowest BCUT2D eigenvalue weighted by Gasteiger charge is -2.18. The van der Waals surface area contributed by atoms with Gasteiger partial charge in [-0.05, 0) is 26.0 Å². The second-order valence-corrected chi connectivity index (χ2v) is 9.22. The number of esters is 1. The average Bonchev–Trinajstić information content (AvgIpc) is 3.11. The Bertz CT molecular complexity index is 1200. The summed E-state index contributed by atoms with van der Waals surface area (Å²) in [7, 11) is 0. The number of hydrogen-bond donors (Lipinski definition) is 0. The molecule has 0 spiro atoms. The third-order valence-corrected chi connectivity index (χ3v) is 6.83. The molecule has 168 valence electrons. The van der Waals surface area contributed by atoms with Gasteiger partial charge in [-0.25, -0.2) is 0 Å². The summed E-state index contributed by atoms with van der Waals surface area (Å²) >= 11 is 2.84. The van der Waals surface area contributed by atoms with E-state index in [9.17, 15) is 9.59 Å². The van der Waals surface area contributed by atoms with Crippen molar-refractivity contribution < 1.29 is 23.8 Å². The van der Waals surface area contributed by atoms with Crippen LogP contribution in [0, 0.1) is 6.92 Å². The molecule has 7 nitrogen and oxygen atoms in total. The number of amides is 1. The minimum Gasteiger partial charge on any atom is -0.486 e. The van der Waals surface area contributed by atoms with E-state index in [1.165, 1.54) is 28.7 Å². The van der Waals surface area contributed by atoms with Crippen LogP contribution in [0.1, 0.15) is 18.9 Å². The predicted octanol–water partition coefficient (Wildman–Crippen LogP) is 3.96. The van der Waals surface area contributed by atoms with Crippen LogP contribution in [0.3, 0.4) is 0 Å². The monoisotopic (exact) mass is 472 g/mol. The third kappa shape index (κ3) is 5.34. The first-order chi connectivity index (χ1) is 15.5. The van der Waals surface area contributed by atoms with Gasteiger partial charge in [-0.2, -0.15) is 4.99 Å². The van der Waals surface area contributed by atoms with Gasteiger partial charge >= 0.3 is 5.97 Å². The number of aromatic nitrogens is 1. The molecule has 0 atom stereocenters. The molecule has 0 radical (unpaired) electrons. The van der Waals surface area contributed by atoms with Crippen LogP contribution in [0.25, 0.3) is 10.2 Å². The fourth-order valence-corrected chi connectivity index (χ4v) is 5.03. The topological polar surface area (TPSA) is 79.1 Å². The molecule has 0 aliphatic carbocycles. The SMILES string of the molecule is CCOC(=O)CCn1c(=NC(=O)CSc2ccc(C)cc2)sc2cc3c(cc21)OCCO3. The van der Waals surface area contributed by atoms with E-state index in [2.05, 4.69) is 4.99 Å². The van der Waals surface area contributed by atoms with Crippen LogP contribution < -0.4 is 14.3 Å². The zero-order chi connectivity index (χ0) is 22.5. The highest BCUT2D eigenvalue weighted by molar-refractivity contribution is 8.00. The number of hydrogen-bond acceptors (Lipinski definition) is 7. The van der Waals surface area contributed by atoms with Gasteiger partial charge in [-0.1, -0.05) is 29.0 Å². The Morgan fingerprint density at radius 1 is 1.16 bits per heavy atom. The Kier molecular flexibility index (Phi) is 7.16. The molecule has 0 bridgehead atoms. The lowest BCUT2D eigenvalue weighted by molar-refractivity contribution is -0.143. The van der Waals surface area contributed by atoms with Crippen molar-refractivity contribution in [3.63, 3.8) is 0 Å². The van der Waals surface area contributed by atoms with Crippen molar-refractivity contribution in [3.05, 3.63) is 46.8 Å². The van der Waals surface area contributed by atoms with Gasteiger partial charge < -0.3 is 18.8 Å². The lowest BCUT2D eigenvalue weighted by Crippen LogP contribution is -2.20. The molecule has 1 aliphatic heterocycles. The second-order valence-electron chi connectivity index (χ2n) is 7.16. The first-order valence-corrected chi connectivity index (χ1v) is 12.2. The minimum absolute atomic E-state index is 0.188. The van der Waals surface area contributed by atoms with Crippen molar-refractivity contribution >= 4 is 45.2 Å². The molecule has 0 fully saturated rings. The van der Waals surface area contributed by atoms with Gasteiger partial charge in [-0.3, -0.25) is 9.59 Å². The van der Waals surface area contributed by atoms with Crippen LogP contribution in [0.4, 0.5) is 0 Å². The fourth-order valence-electron chi connectivity index (χ4n) is 3.26. The smallest absolute Gasteiger partial charge is 0.307 e. The van der Waals surface area contributed by atoms with E-state index in [4.69, 9.17) is 14.2 Å². The van der Waals surface area contributed by atoms with Gasteiger partial charge in [-0.15, -0.1) is 11.8 Å². The summed E-state index contributed by atoms with van der Waals surface area (Å²) in [5.74, 6) is 1.04.